The number of methoxy groups -OCH3 is 1. The lowest BCUT2D eigenvalue weighted by molar-refractivity contribution is -0.117. The molecule has 4 rings (SSSR count). The van der Waals surface area contributed by atoms with Crippen LogP contribution in [0.4, 0.5) is 5.69 Å². The number of aromatic nitrogens is 1. The molecule has 0 aliphatic carbocycles. The van der Waals surface area contributed by atoms with E-state index in [-0.39, 0.29) is 12.2 Å². The standard InChI is InChI=1S/C23H18BrN3O4/c1-30-20-13-15(12-19(24)21(20)31-14-16-7-5-6-10-25-16)11-18-22(28)26-27(23(18)29)17-8-3-2-4-9-17/h2-13H,14H2,1H3,(H,26,28)/b18-11+. The predicted octanol–water partition coefficient (Wildman–Crippen LogP) is 3.89. The number of hydrazine groups is 1. The molecule has 0 atom stereocenters. The fraction of sp³-hybridized carbons (Fsp3) is 0.0870. The third kappa shape index (κ3) is 4.44. The number of pyridine rings is 1. The summed E-state index contributed by atoms with van der Waals surface area (Å²) in [5.41, 5.74) is 4.59. The van der Waals surface area contributed by atoms with Gasteiger partial charge in [-0.1, -0.05) is 24.3 Å². The van der Waals surface area contributed by atoms with E-state index in [1.165, 1.54) is 18.2 Å². The molecule has 0 bridgehead atoms. The highest BCUT2D eigenvalue weighted by atomic mass is 79.9. The predicted molar refractivity (Wildman–Crippen MR) is 119 cm³/mol. The summed E-state index contributed by atoms with van der Waals surface area (Å²) in [5.74, 6) is 0.0625. The lowest BCUT2D eigenvalue weighted by Gasteiger charge is -2.14. The van der Waals surface area contributed by atoms with E-state index in [2.05, 4.69) is 26.3 Å². The van der Waals surface area contributed by atoms with E-state index in [0.29, 0.717) is 27.2 Å². The fourth-order valence-electron chi connectivity index (χ4n) is 3.08. The molecule has 1 aliphatic rings. The van der Waals surface area contributed by atoms with Crippen molar-refractivity contribution in [2.75, 3.05) is 12.1 Å². The summed E-state index contributed by atoms with van der Waals surface area (Å²) >= 11 is 3.49. The van der Waals surface area contributed by atoms with E-state index in [0.717, 1.165) is 5.69 Å². The number of nitrogens with one attached hydrogen (secondary N) is 1. The number of nitrogens with zero attached hydrogens (tertiary/aromatic N) is 2. The Kier molecular flexibility index (Phi) is 5.99. The highest BCUT2D eigenvalue weighted by molar-refractivity contribution is 9.10. The van der Waals surface area contributed by atoms with Crippen LogP contribution < -0.4 is 19.9 Å². The van der Waals surface area contributed by atoms with E-state index in [9.17, 15) is 9.59 Å². The third-order valence-electron chi connectivity index (χ3n) is 4.56. The SMILES string of the molecule is COc1cc(/C=C2\C(=O)NN(c3ccccc3)C2=O)cc(Br)c1OCc1ccccn1. The Bertz CT molecular complexity index is 1150. The molecule has 8 heteroatoms. The molecular weight excluding hydrogens is 462 g/mol. The normalized spacial score (nSPS) is 14.6. The lowest BCUT2D eigenvalue weighted by Crippen LogP contribution is -2.35. The molecule has 1 fully saturated rings. The topological polar surface area (TPSA) is 80.8 Å². The van der Waals surface area contributed by atoms with E-state index in [1.54, 1.807) is 42.6 Å². The van der Waals surface area contributed by atoms with Crippen LogP contribution in [0.15, 0.2) is 76.9 Å². The first-order valence-corrected chi connectivity index (χ1v) is 10.2. The van der Waals surface area contributed by atoms with Crippen LogP contribution in [0.25, 0.3) is 6.08 Å². The number of carbonyl (C=O) groups is 2. The number of ether oxygens (including phenoxy) is 2. The van der Waals surface area contributed by atoms with Crippen molar-refractivity contribution in [1.82, 2.24) is 10.4 Å². The van der Waals surface area contributed by atoms with Crippen molar-refractivity contribution in [2.45, 2.75) is 6.61 Å². The second kappa shape index (κ2) is 9.01. The highest BCUT2D eigenvalue weighted by Crippen LogP contribution is 2.38. The number of para-hydroxylation sites is 1. The van der Waals surface area contributed by atoms with Crippen LogP contribution in [0.3, 0.4) is 0 Å². The minimum Gasteiger partial charge on any atom is -0.493 e. The van der Waals surface area contributed by atoms with E-state index in [4.69, 9.17) is 9.47 Å². The summed E-state index contributed by atoms with van der Waals surface area (Å²) in [6.07, 6.45) is 3.22. The molecule has 3 aromatic rings. The first kappa shape index (κ1) is 20.6. The Morgan fingerprint density at radius 1 is 1.10 bits per heavy atom. The summed E-state index contributed by atoms with van der Waals surface area (Å²) in [5, 5.41) is 1.23. The number of hydrogen-bond acceptors (Lipinski definition) is 5. The Balaban J connectivity index is 1.60. The smallest absolute Gasteiger partial charge is 0.282 e. The van der Waals surface area contributed by atoms with Crippen LogP contribution in [-0.2, 0) is 16.2 Å². The average Bonchev–Trinajstić information content (AvgIpc) is 3.07. The number of anilines is 1. The van der Waals surface area contributed by atoms with Gasteiger partial charge in [-0.05, 0) is 64.0 Å². The highest BCUT2D eigenvalue weighted by Gasteiger charge is 2.34. The summed E-state index contributed by atoms with van der Waals surface area (Å²) in [7, 11) is 1.52. The molecule has 0 saturated carbocycles. The van der Waals surface area contributed by atoms with Gasteiger partial charge in [-0.25, -0.2) is 5.01 Å². The van der Waals surface area contributed by atoms with Crippen LogP contribution in [0, 0.1) is 0 Å². The van der Waals surface area contributed by atoms with E-state index < -0.39 is 11.8 Å². The van der Waals surface area contributed by atoms with Crippen molar-refractivity contribution >= 4 is 39.5 Å². The zero-order chi connectivity index (χ0) is 21.8. The molecule has 31 heavy (non-hydrogen) atoms. The first-order chi connectivity index (χ1) is 15.1. The van der Waals surface area contributed by atoms with Crippen molar-refractivity contribution in [2.24, 2.45) is 0 Å². The van der Waals surface area contributed by atoms with Gasteiger partial charge in [0, 0.05) is 6.20 Å². The molecule has 2 heterocycles. The molecule has 1 N–H and O–H groups in total. The Hall–Kier alpha value is -3.65. The van der Waals surface area contributed by atoms with Gasteiger partial charge < -0.3 is 9.47 Å². The fourth-order valence-corrected chi connectivity index (χ4v) is 3.65. The molecule has 0 spiro atoms. The van der Waals surface area contributed by atoms with Gasteiger partial charge >= 0.3 is 0 Å². The van der Waals surface area contributed by atoms with Gasteiger partial charge in [-0.3, -0.25) is 20.0 Å². The van der Waals surface area contributed by atoms with Gasteiger partial charge in [0.05, 0.1) is 23.0 Å². The van der Waals surface area contributed by atoms with Gasteiger partial charge in [0.25, 0.3) is 11.8 Å². The number of halogens is 1. The van der Waals surface area contributed by atoms with Crippen molar-refractivity contribution < 1.29 is 19.1 Å². The first-order valence-electron chi connectivity index (χ1n) is 9.39. The number of amides is 2. The van der Waals surface area contributed by atoms with Gasteiger partial charge in [-0.2, -0.15) is 0 Å². The minimum atomic E-state index is -0.473. The second-order valence-corrected chi connectivity index (χ2v) is 7.47. The maximum absolute atomic E-state index is 12.8. The van der Waals surface area contributed by atoms with E-state index >= 15 is 0 Å². The molecule has 156 valence electrons. The summed E-state index contributed by atoms with van der Waals surface area (Å²) in [6, 6.07) is 18.0. The molecule has 0 unspecified atom stereocenters. The lowest BCUT2D eigenvalue weighted by atomic mass is 10.1. The Morgan fingerprint density at radius 2 is 1.87 bits per heavy atom. The Morgan fingerprint density at radius 3 is 2.58 bits per heavy atom. The quantitative estimate of drug-likeness (QED) is 0.428. The zero-order valence-electron chi connectivity index (χ0n) is 16.5. The number of rotatable bonds is 6. The number of carbonyl (C=O) groups excluding carboxylic acids is 2. The molecule has 2 amide bonds. The van der Waals surface area contributed by atoms with Gasteiger partial charge in [-0.15, -0.1) is 0 Å². The summed E-state index contributed by atoms with van der Waals surface area (Å²) in [6.45, 7) is 0.267. The van der Waals surface area contributed by atoms with Gasteiger partial charge in [0.2, 0.25) is 0 Å². The number of hydrogen-bond donors (Lipinski definition) is 1. The van der Waals surface area contributed by atoms with E-state index in [1.807, 2.05) is 24.3 Å². The van der Waals surface area contributed by atoms with Crippen LogP contribution in [-0.4, -0.2) is 23.9 Å². The monoisotopic (exact) mass is 479 g/mol. The average molecular weight is 480 g/mol. The maximum Gasteiger partial charge on any atom is 0.282 e. The zero-order valence-corrected chi connectivity index (χ0v) is 18.1. The van der Waals surface area contributed by atoms with Crippen LogP contribution in [0.5, 0.6) is 11.5 Å². The number of benzene rings is 2. The molecule has 1 saturated heterocycles. The van der Waals surface area contributed by atoms with Crippen molar-refractivity contribution in [3.63, 3.8) is 0 Å². The largest absolute Gasteiger partial charge is 0.493 e. The van der Waals surface area contributed by atoms with Gasteiger partial charge in [0.1, 0.15) is 12.2 Å². The summed E-state index contributed by atoms with van der Waals surface area (Å²) in [4.78, 5) is 29.4. The molecule has 1 aliphatic heterocycles. The maximum atomic E-state index is 12.8. The van der Waals surface area contributed by atoms with Crippen LogP contribution in [0.1, 0.15) is 11.3 Å². The van der Waals surface area contributed by atoms with Crippen molar-refractivity contribution in [3.05, 3.63) is 88.2 Å². The molecule has 2 aromatic carbocycles. The molecule has 7 nitrogen and oxygen atoms in total. The minimum absolute atomic E-state index is 0.0277. The van der Waals surface area contributed by atoms with Crippen molar-refractivity contribution in [3.8, 4) is 11.5 Å². The molecule has 1 aromatic heterocycles. The van der Waals surface area contributed by atoms with Crippen LogP contribution in [0.2, 0.25) is 0 Å². The van der Waals surface area contributed by atoms with Gasteiger partial charge in [0.15, 0.2) is 11.5 Å². The van der Waals surface area contributed by atoms with Crippen LogP contribution >= 0.6 is 15.9 Å². The molecule has 0 radical (unpaired) electrons. The van der Waals surface area contributed by atoms with Crippen molar-refractivity contribution in [1.29, 1.82) is 0 Å². The molecular formula is C23H18BrN3O4. The summed E-state index contributed by atoms with van der Waals surface area (Å²) < 4.78 is 12.0. The Labute approximate surface area is 187 Å². The second-order valence-electron chi connectivity index (χ2n) is 6.62. The third-order valence-corrected chi connectivity index (χ3v) is 5.15.